The first-order chi connectivity index (χ1) is 9.08. The van der Waals surface area contributed by atoms with E-state index >= 15 is 0 Å². The monoisotopic (exact) mass is 292 g/mol. The van der Waals surface area contributed by atoms with Crippen molar-refractivity contribution in [1.29, 1.82) is 0 Å². The van der Waals surface area contributed by atoms with E-state index in [4.69, 9.17) is 23.2 Å². The summed E-state index contributed by atoms with van der Waals surface area (Å²) in [5, 5.41) is 12.7. The Morgan fingerprint density at radius 3 is 2.53 bits per heavy atom. The maximum atomic E-state index is 10.9. The van der Waals surface area contributed by atoms with Crippen LogP contribution in [0.5, 0.6) is 0 Å². The van der Waals surface area contributed by atoms with Gasteiger partial charge in [0.25, 0.3) is 5.69 Å². The van der Waals surface area contributed by atoms with Crippen molar-refractivity contribution in [2.75, 3.05) is 0 Å². The molecule has 0 bridgehead atoms. The minimum absolute atomic E-state index is 0.0522. The number of rotatable bonds is 1. The molecule has 3 aromatic rings. The summed E-state index contributed by atoms with van der Waals surface area (Å²) in [5.41, 5.74) is 1.09. The molecule has 0 aliphatic heterocycles. The Balaban J connectivity index is 2.48. The average molecular weight is 293 g/mol. The summed E-state index contributed by atoms with van der Waals surface area (Å²) >= 11 is 12.2. The zero-order chi connectivity index (χ0) is 13.6. The normalized spacial score (nSPS) is 11.1. The van der Waals surface area contributed by atoms with Crippen molar-refractivity contribution in [3.8, 4) is 0 Å². The van der Waals surface area contributed by atoms with Crippen molar-refractivity contribution >= 4 is 50.7 Å². The molecule has 1 heterocycles. The van der Waals surface area contributed by atoms with E-state index < -0.39 is 4.92 Å². The number of hydrogen-bond acceptors (Lipinski definition) is 3. The van der Waals surface area contributed by atoms with E-state index in [0.717, 1.165) is 10.9 Å². The van der Waals surface area contributed by atoms with Gasteiger partial charge in [0, 0.05) is 16.8 Å². The Morgan fingerprint density at radius 2 is 1.79 bits per heavy atom. The summed E-state index contributed by atoms with van der Waals surface area (Å²) in [6.45, 7) is 0. The fourth-order valence-corrected chi connectivity index (χ4v) is 2.53. The molecule has 94 valence electrons. The molecule has 0 saturated carbocycles. The van der Waals surface area contributed by atoms with Crippen LogP contribution in [-0.4, -0.2) is 9.91 Å². The van der Waals surface area contributed by atoms with Crippen LogP contribution in [0, 0.1) is 10.1 Å². The van der Waals surface area contributed by atoms with Crippen LogP contribution in [0.4, 0.5) is 5.69 Å². The first-order valence-electron chi connectivity index (χ1n) is 5.40. The number of aromatic nitrogens is 1. The van der Waals surface area contributed by atoms with Crippen molar-refractivity contribution in [2.45, 2.75) is 0 Å². The smallest absolute Gasteiger partial charge is 0.258 e. The molecule has 0 saturated heterocycles. The molecular weight excluding hydrogens is 287 g/mol. The molecule has 0 radical (unpaired) electrons. The Morgan fingerprint density at radius 1 is 1.05 bits per heavy atom. The zero-order valence-electron chi connectivity index (χ0n) is 9.43. The summed E-state index contributed by atoms with van der Waals surface area (Å²) in [6.07, 6.45) is 0. The van der Waals surface area contributed by atoms with E-state index in [1.807, 2.05) is 24.3 Å². The van der Waals surface area contributed by atoms with Gasteiger partial charge in [0.1, 0.15) is 5.02 Å². The first kappa shape index (κ1) is 12.1. The Bertz CT molecular complexity index is 834. The molecule has 0 unspecified atom stereocenters. The number of hydrogen-bond donors (Lipinski definition) is 0. The van der Waals surface area contributed by atoms with Gasteiger partial charge in [-0.25, -0.2) is 4.98 Å². The molecule has 0 aliphatic carbocycles. The summed E-state index contributed by atoms with van der Waals surface area (Å²) in [4.78, 5) is 14.8. The van der Waals surface area contributed by atoms with Gasteiger partial charge in [-0.1, -0.05) is 41.4 Å². The third-order valence-electron chi connectivity index (χ3n) is 2.88. The highest BCUT2D eigenvalue weighted by molar-refractivity contribution is 6.41. The SMILES string of the molecule is O=[N+]([O-])c1cc2c(Cl)c3ccccc3nc2cc1Cl. The van der Waals surface area contributed by atoms with Crippen LogP contribution in [-0.2, 0) is 0 Å². The van der Waals surface area contributed by atoms with Gasteiger partial charge in [0.15, 0.2) is 0 Å². The zero-order valence-corrected chi connectivity index (χ0v) is 10.9. The highest BCUT2D eigenvalue weighted by Gasteiger charge is 2.16. The van der Waals surface area contributed by atoms with E-state index in [0.29, 0.717) is 15.9 Å². The molecule has 0 amide bonds. The van der Waals surface area contributed by atoms with Crippen LogP contribution in [0.25, 0.3) is 21.8 Å². The molecule has 0 fully saturated rings. The summed E-state index contributed by atoms with van der Waals surface area (Å²) in [7, 11) is 0. The summed E-state index contributed by atoms with van der Waals surface area (Å²) < 4.78 is 0. The lowest BCUT2D eigenvalue weighted by Gasteiger charge is -2.05. The lowest BCUT2D eigenvalue weighted by atomic mass is 10.1. The average Bonchev–Trinajstić information content (AvgIpc) is 2.38. The van der Waals surface area contributed by atoms with Crippen LogP contribution < -0.4 is 0 Å². The number of pyridine rings is 1. The van der Waals surface area contributed by atoms with Gasteiger partial charge in [0.05, 0.1) is 21.0 Å². The number of nitro benzene ring substituents is 1. The van der Waals surface area contributed by atoms with Crippen molar-refractivity contribution in [2.24, 2.45) is 0 Å². The third kappa shape index (κ3) is 1.89. The molecule has 0 aliphatic rings. The summed E-state index contributed by atoms with van der Waals surface area (Å²) in [6, 6.07) is 10.2. The van der Waals surface area contributed by atoms with E-state index in [1.165, 1.54) is 12.1 Å². The minimum atomic E-state index is -0.534. The molecule has 19 heavy (non-hydrogen) atoms. The molecule has 0 spiro atoms. The Hall–Kier alpha value is -1.91. The van der Waals surface area contributed by atoms with Crippen molar-refractivity contribution in [3.63, 3.8) is 0 Å². The molecule has 4 nitrogen and oxygen atoms in total. The lowest BCUT2D eigenvalue weighted by molar-refractivity contribution is -0.384. The molecule has 0 N–H and O–H groups in total. The van der Waals surface area contributed by atoms with Gasteiger partial charge in [-0.2, -0.15) is 0 Å². The topological polar surface area (TPSA) is 56.0 Å². The Labute approximate surface area is 117 Å². The molecule has 0 atom stereocenters. The van der Waals surface area contributed by atoms with Crippen LogP contribution in [0.2, 0.25) is 10.0 Å². The van der Waals surface area contributed by atoms with Crippen LogP contribution in [0.1, 0.15) is 0 Å². The number of halogens is 2. The van der Waals surface area contributed by atoms with Crippen LogP contribution in [0.3, 0.4) is 0 Å². The number of fused-ring (bicyclic) bond motifs is 2. The van der Waals surface area contributed by atoms with Gasteiger partial charge in [-0.15, -0.1) is 0 Å². The van der Waals surface area contributed by atoms with Gasteiger partial charge in [-0.3, -0.25) is 10.1 Å². The predicted molar refractivity (Wildman–Crippen MR) is 75.9 cm³/mol. The van der Waals surface area contributed by atoms with E-state index in [-0.39, 0.29) is 10.7 Å². The Kier molecular flexibility index (Phi) is 2.77. The maximum absolute atomic E-state index is 10.9. The van der Waals surface area contributed by atoms with E-state index in [2.05, 4.69) is 4.98 Å². The van der Waals surface area contributed by atoms with Crippen molar-refractivity contribution in [1.82, 2.24) is 4.98 Å². The first-order valence-corrected chi connectivity index (χ1v) is 6.15. The fraction of sp³-hybridized carbons (Fsp3) is 0. The van der Waals surface area contributed by atoms with Crippen molar-refractivity contribution in [3.05, 3.63) is 56.6 Å². The maximum Gasteiger partial charge on any atom is 0.288 e. The fourth-order valence-electron chi connectivity index (χ4n) is 1.99. The standard InChI is InChI=1S/C13H6Cl2N2O2/c14-9-6-11-8(5-12(9)17(18)19)13(15)7-3-1-2-4-10(7)16-11/h1-6H. The molecular formula is C13H6Cl2N2O2. The van der Waals surface area contributed by atoms with Gasteiger partial charge < -0.3 is 0 Å². The number of benzene rings is 2. The van der Waals surface area contributed by atoms with E-state index in [9.17, 15) is 10.1 Å². The second-order valence-electron chi connectivity index (χ2n) is 4.02. The van der Waals surface area contributed by atoms with Gasteiger partial charge >= 0.3 is 0 Å². The highest BCUT2D eigenvalue weighted by atomic mass is 35.5. The molecule has 3 rings (SSSR count). The number of para-hydroxylation sites is 1. The largest absolute Gasteiger partial charge is 0.288 e. The number of nitro groups is 1. The highest BCUT2D eigenvalue weighted by Crippen LogP contribution is 2.35. The van der Waals surface area contributed by atoms with Crippen LogP contribution in [0.15, 0.2) is 36.4 Å². The van der Waals surface area contributed by atoms with Gasteiger partial charge in [0.2, 0.25) is 0 Å². The molecule has 6 heteroatoms. The second kappa shape index (κ2) is 4.33. The van der Waals surface area contributed by atoms with Crippen LogP contribution >= 0.6 is 23.2 Å². The van der Waals surface area contributed by atoms with Gasteiger partial charge in [-0.05, 0) is 12.1 Å². The molecule has 2 aromatic carbocycles. The minimum Gasteiger partial charge on any atom is -0.258 e. The van der Waals surface area contributed by atoms with Crippen molar-refractivity contribution < 1.29 is 4.92 Å². The lowest BCUT2D eigenvalue weighted by Crippen LogP contribution is -1.91. The molecule has 1 aromatic heterocycles. The van der Waals surface area contributed by atoms with E-state index in [1.54, 1.807) is 0 Å². The number of nitrogens with zero attached hydrogens (tertiary/aromatic N) is 2. The third-order valence-corrected chi connectivity index (χ3v) is 3.59. The quantitative estimate of drug-likeness (QED) is 0.374. The predicted octanol–water partition coefficient (Wildman–Crippen LogP) is 4.60. The second-order valence-corrected chi connectivity index (χ2v) is 4.81. The summed E-state index contributed by atoms with van der Waals surface area (Å²) in [5.74, 6) is 0.